The number of carbonyl (C=O) groups excluding carboxylic acids is 1. The van der Waals surface area contributed by atoms with Gasteiger partial charge in [0.15, 0.2) is 11.0 Å². The fourth-order valence-electron chi connectivity index (χ4n) is 8.53. The molecule has 1 aromatic heterocycles. The molecule has 0 saturated carbocycles. The molecule has 5 aromatic rings. The number of hydrogen-bond donors (Lipinski definition) is 3. The summed E-state index contributed by atoms with van der Waals surface area (Å²) >= 11 is 6.24. The summed E-state index contributed by atoms with van der Waals surface area (Å²) in [6.45, 7) is 10.3. The van der Waals surface area contributed by atoms with E-state index in [9.17, 15) is 22.2 Å². The fraction of sp³-hybridized carbons (Fsp3) is 0.383. The Morgan fingerprint density at radius 1 is 0.967 bits per heavy atom. The number of amides is 1. The highest BCUT2D eigenvalue weighted by molar-refractivity contribution is 7.83. The number of rotatable bonds is 12. The van der Waals surface area contributed by atoms with Crippen molar-refractivity contribution in [2.24, 2.45) is 11.3 Å². The lowest BCUT2D eigenvalue weighted by Crippen LogP contribution is -2.47. The van der Waals surface area contributed by atoms with Gasteiger partial charge >= 0.3 is 6.18 Å². The summed E-state index contributed by atoms with van der Waals surface area (Å²) in [7, 11) is -2.31. The Morgan fingerprint density at radius 2 is 1.74 bits per heavy atom. The van der Waals surface area contributed by atoms with Crippen molar-refractivity contribution >= 4 is 56.3 Å². The second-order valence-corrected chi connectivity index (χ2v) is 18.7. The first-order chi connectivity index (χ1) is 29.3. The predicted octanol–water partition coefficient (Wildman–Crippen LogP) is 10.7. The molecule has 1 aliphatic carbocycles. The van der Waals surface area contributed by atoms with E-state index in [1.54, 1.807) is 18.2 Å². The van der Waals surface area contributed by atoms with Crippen LogP contribution < -0.4 is 19.7 Å². The zero-order valence-electron chi connectivity index (χ0n) is 34.4. The molecule has 2 saturated heterocycles. The predicted molar refractivity (Wildman–Crippen MR) is 237 cm³/mol. The lowest BCUT2D eigenvalue weighted by Gasteiger charge is -2.39. The van der Waals surface area contributed by atoms with Crippen LogP contribution in [0.1, 0.15) is 67.4 Å². The van der Waals surface area contributed by atoms with E-state index in [0.717, 1.165) is 92.5 Å². The van der Waals surface area contributed by atoms with Crippen molar-refractivity contribution in [2.75, 3.05) is 62.7 Å². The summed E-state index contributed by atoms with van der Waals surface area (Å²) in [6.07, 6.45) is 1.85. The van der Waals surface area contributed by atoms with Crippen molar-refractivity contribution in [3.63, 3.8) is 0 Å². The van der Waals surface area contributed by atoms with E-state index in [-0.39, 0.29) is 33.2 Å². The Bertz CT molecular complexity index is 2420. The topological polar surface area (TPSA) is 98.9 Å². The van der Waals surface area contributed by atoms with Gasteiger partial charge in [-0.3, -0.25) is 14.4 Å². The number of piperazine rings is 1. The number of carbonyl (C=O) groups is 1. The van der Waals surface area contributed by atoms with E-state index < -0.39 is 28.6 Å². The van der Waals surface area contributed by atoms with Crippen molar-refractivity contribution in [3.8, 4) is 11.5 Å². The van der Waals surface area contributed by atoms with Crippen molar-refractivity contribution < 1.29 is 31.6 Å². The number of hydrogen-bond acceptors (Lipinski definition) is 7. The number of nitrogens with zero attached hydrogens (tertiary/aromatic N) is 2. The van der Waals surface area contributed by atoms with Crippen LogP contribution >= 0.6 is 11.6 Å². The highest BCUT2D eigenvalue weighted by atomic mass is 35.5. The smallest absolute Gasteiger partial charge is 0.418 e. The number of H-pyrrole nitrogens is 1. The van der Waals surface area contributed by atoms with Crippen LogP contribution in [0.4, 0.5) is 24.5 Å². The minimum absolute atomic E-state index is 0.0950. The number of fused-ring (bicyclic) bond motifs is 1. The van der Waals surface area contributed by atoms with Crippen LogP contribution in [-0.4, -0.2) is 72.5 Å². The Kier molecular flexibility index (Phi) is 12.8. The maximum absolute atomic E-state index is 14.3. The van der Waals surface area contributed by atoms with Gasteiger partial charge in [0.25, 0.3) is 5.91 Å². The normalized spacial score (nSPS) is 18.3. The molecule has 0 spiro atoms. The highest BCUT2D eigenvalue weighted by Gasteiger charge is 2.35. The summed E-state index contributed by atoms with van der Waals surface area (Å²) in [5, 5.41) is 4.58. The Labute approximate surface area is 362 Å². The lowest BCUT2D eigenvalue weighted by atomic mass is 9.72. The van der Waals surface area contributed by atoms with Crippen LogP contribution in [0.15, 0.2) is 102 Å². The molecule has 2 aliphatic heterocycles. The summed E-state index contributed by atoms with van der Waals surface area (Å²) in [6, 6.07) is 24.3. The number of benzene rings is 4. The van der Waals surface area contributed by atoms with E-state index in [0.29, 0.717) is 25.5 Å². The van der Waals surface area contributed by atoms with Gasteiger partial charge in [0.1, 0.15) is 11.5 Å². The Balaban J connectivity index is 0.992. The van der Waals surface area contributed by atoms with Gasteiger partial charge in [0.05, 0.1) is 16.0 Å². The van der Waals surface area contributed by atoms with Crippen LogP contribution in [0.2, 0.25) is 5.02 Å². The number of halogens is 4. The lowest BCUT2D eigenvalue weighted by molar-refractivity contribution is -0.137. The molecule has 3 heterocycles. The van der Waals surface area contributed by atoms with Crippen LogP contribution in [0.3, 0.4) is 0 Å². The molecule has 4 aromatic carbocycles. The quantitative estimate of drug-likeness (QED) is 0.115. The largest absolute Gasteiger partial charge is 0.456 e. The molecule has 0 bridgehead atoms. The van der Waals surface area contributed by atoms with Gasteiger partial charge in [-0.05, 0) is 121 Å². The van der Waals surface area contributed by atoms with Gasteiger partial charge in [0, 0.05) is 92.0 Å². The maximum Gasteiger partial charge on any atom is 0.418 e. The van der Waals surface area contributed by atoms with Crippen LogP contribution in [0, 0.1) is 11.3 Å². The van der Waals surface area contributed by atoms with Crippen LogP contribution in [0.5, 0.6) is 11.5 Å². The average molecular weight is 874 g/mol. The molecule has 8 rings (SSSR count). The fourth-order valence-corrected chi connectivity index (χ4v) is 9.47. The first-order valence-electron chi connectivity index (χ1n) is 20.9. The maximum atomic E-state index is 14.3. The number of allylic oxidation sites excluding steroid dienone is 1. The van der Waals surface area contributed by atoms with Gasteiger partial charge < -0.3 is 24.7 Å². The zero-order chi connectivity index (χ0) is 42.7. The van der Waals surface area contributed by atoms with Gasteiger partial charge in [-0.2, -0.15) is 13.2 Å². The summed E-state index contributed by atoms with van der Waals surface area (Å²) in [5.41, 5.74) is 5.18. The first-order valence-corrected chi connectivity index (χ1v) is 22.4. The number of aromatic amines is 1. The van der Waals surface area contributed by atoms with E-state index in [1.165, 1.54) is 28.8 Å². The van der Waals surface area contributed by atoms with Gasteiger partial charge in [0.2, 0.25) is 0 Å². The van der Waals surface area contributed by atoms with Crippen molar-refractivity contribution in [3.05, 3.63) is 118 Å². The van der Waals surface area contributed by atoms with Gasteiger partial charge in [-0.1, -0.05) is 43.2 Å². The number of nitrogens with one attached hydrogen (secondary N) is 3. The second kappa shape index (κ2) is 18.3. The number of ether oxygens (including phenoxy) is 2. The van der Waals surface area contributed by atoms with E-state index in [1.807, 2.05) is 42.6 Å². The highest BCUT2D eigenvalue weighted by Crippen LogP contribution is 2.44. The first kappa shape index (κ1) is 42.9. The molecule has 9 nitrogen and oxygen atoms in total. The third-order valence-electron chi connectivity index (χ3n) is 12.1. The van der Waals surface area contributed by atoms with Crippen LogP contribution in [-0.2, 0) is 21.9 Å². The molecule has 1 unspecified atom stereocenters. The van der Waals surface area contributed by atoms with Crippen molar-refractivity contribution in [2.45, 2.75) is 57.0 Å². The third kappa shape index (κ3) is 10.5. The monoisotopic (exact) mass is 873 g/mol. The molecule has 1 amide bonds. The SMILES string of the molecule is CC1(C)CCC(CN2CCN(c3ccc(C(=O)NS(=O)c4ccc(NCC5CCOCC5)c(C(F)(F)F)c4)c(Oc4ccc5[nH]ccc5c4)c3)CC2)=C(c2ccc(Cl)cc2)C1. The number of aromatic nitrogens is 1. The standard InChI is InChI=1S/C47H51ClF3N5O4S/c1-46(2)17-13-34(40(28-46)32-3-5-35(48)6-4-32)30-55-19-21-56(22-20-55)36-7-10-39(44(26-36)60-37-8-11-42-33(25-37)14-18-52-42)45(57)54-61(58)38-9-12-43(41(27-38)47(49,50)51)53-29-31-15-23-59-24-16-31/h3-12,14,18,25-27,31,52-53H,13,15-17,19-24,28-30H2,1-2H3,(H,54,57). The number of anilines is 2. The molecule has 1 atom stereocenters. The Hall–Kier alpha value is -4.82. The van der Waals surface area contributed by atoms with Gasteiger partial charge in [-0.15, -0.1) is 0 Å². The minimum atomic E-state index is -4.71. The van der Waals surface area contributed by atoms with E-state index in [2.05, 4.69) is 50.8 Å². The summed E-state index contributed by atoms with van der Waals surface area (Å²) in [4.78, 5) is 21.6. The zero-order valence-corrected chi connectivity index (χ0v) is 35.9. The molecule has 3 aliphatic rings. The van der Waals surface area contributed by atoms with Gasteiger partial charge in [-0.25, -0.2) is 4.21 Å². The molecule has 3 N–H and O–H groups in total. The van der Waals surface area contributed by atoms with Crippen molar-refractivity contribution in [1.29, 1.82) is 0 Å². The molecule has 322 valence electrons. The van der Waals surface area contributed by atoms with Crippen LogP contribution in [0.25, 0.3) is 16.5 Å². The molecule has 2 fully saturated rings. The summed E-state index contributed by atoms with van der Waals surface area (Å²) < 4.78 is 70.6. The van der Waals surface area contributed by atoms with E-state index in [4.69, 9.17) is 21.1 Å². The van der Waals surface area contributed by atoms with E-state index >= 15 is 0 Å². The molecule has 0 radical (unpaired) electrons. The van der Waals surface area contributed by atoms with Crippen molar-refractivity contribution in [1.82, 2.24) is 14.6 Å². The number of alkyl halides is 3. The molecular formula is C47H51ClF3N5O4S. The third-order valence-corrected chi connectivity index (χ3v) is 13.4. The average Bonchev–Trinajstić information content (AvgIpc) is 3.72. The molecule has 14 heteroatoms. The second-order valence-electron chi connectivity index (χ2n) is 17.0. The summed E-state index contributed by atoms with van der Waals surface area (Å²) in [5.74, 6) is 0.161. The molecular weight excluding hydrogens is 823 g/mol. The Morgan fingerprint density at radius 3 is 2.49 bits per heavy atom. The molecule has 61 heavy (non-hydrogen) atoms. The minimum Gasteiger partial charge on any atom is -0.456 e.